The van der Waals surface area contributed by atoms with Gasteiger partial charge in [0.1, 0.15) is 17.2 Å². The number of rotatable bonds is 5. The third-order valence-electron chi connectivity index (χ3n) is 4.75. The van der Waals surface area contributed by atoms with Gasteiger partial charge >= 0.3 is 0 Å². The Bertz CT molecular complexity index is 856. The van der Waals surface area contributed by atoms with Gasteiger partial charge in [-0.2, -0.15) is 0 Å². The molecule has 0 spiro atoms. The normalized spacial score (nSPS) is 15.8. The first-order chi connectivity index (χ1) is 13.3. The molecule has 8 heteroatoms. The van der Waals surface area contributed by atoms with Crippen LogP contribution in [0.25, 0.3) is 0 Å². The summed E-state index contributed by atoms with van der Waals surface area (Å²) in [5, 5.41) is 4.81. The number of anilines is 1. The number of ether oxygens (including phenoxy) is 2. The molecule has 2 heterocycles. The molecule has 0 bridgehead atoms. The Morgan fingerprint density at radius 3 is 2.46 bits per heavy atom. The molecular weight excluding hydrogens is 378 g/mol. The van der Waals surface area contributed by atoms with Crippen molar-refractivity contribution in [2.75, 3.05) is 32.6 Å². The molecule has 7 nitrogen and oxygen atoms in total. The van der Waals surface area contributed by atoms with Crippen molar-refractivity contribution in [3.8, 4) is 11.5 Å². The fraction of sp³-hybridized carbons (Fsp3) is 0.450. The van der Waals surface area contributed by atoms with Crippen LogP contribution < -0.4 is 14.8 Å². The molecule has 3 rings (SSSR count). The number of carbonyl (C=O) groups excluding carboxylic acids is 2. The highest BCUT2D eigenvalue weighted by atomic mass is 32.1. The van der Waals surface area contributed by atoms with Crippen LogP contribution in [0.3, 0.4) is 0 Å². The predicted octanol–water partition coefficient (Wildman–Crippen LogP) is 3.67. The molecule has 1 saturated heterocycles. The lowest BCUT2D eigenvalue weighted by molar-refractivity contribution is 0.0578. The van der Waals surface area contributed by atoms with Gasteiger partial charge in [0.05, 0.1) is 14.2 Å². The van der Waals surface area contributed by atoms with Gasteiger partial charge in [0.25, 0.3) is 11.8 Å². The van der Waals surface area contributed by atoms with Gasteiger partial charge in [-0.3, -0.25) is 14.9 Å². The third kappa shape index (κ3) is 4.62. The van der Waals surface area contributed by atoms with E-state index in [9.17, 15) is 9.59 Å². The predicted molar refractivity (Wildman–Crippen MR) is 109 cm³/mol. The second-order valence-corrected chi connectivity index (χ2v) is 8.45. The van der Waals surface area contributed by atoms with Gasteiger partial charge < -0.3 is 14.4 Å². The molecule has 2 aromatic rings. The minimum absolute atomic E-state index is 0.0902. The minimum atomic E-state index is -0.343. The van der Waals surface area contributed by atoms with E-state index in [4.69, 9.17) is 9.47 Å². The van der Waals surface area contributed by atoms with E-state index in [0.717, 1.165) is 19.4 Å². The standard InChI is InChI=1S/C20H25N3O4S/c1-20(2)6-5-7-23(12-20)18(25)16-11-28-19(21-16)22-17(24)13-8-14(26-3)10-15(9-13)27-4/h8-11H,5-7,12H2,1-4H3,(H,21,22,24). The van der Waals surface area contributed by atoms with Gasteiger partial charge in [-0.25, -0.2) is 4.98 Å². The molecule has 1 aliphatic heterocycles. The lowest BCUT2D eigenvalue weighted by Crippen LogP contribution is -2.43. The average molecular weight is 404 g/mol. The quantitative estimate of drug-likeness (QED) is 0.824. The maximum Gasteiger partial charge on any atom is 0.273 e. The zero-order valence-electron chi connectivity index (χ0n) is 16.6. The van der Waals surface area contributed by atoms with E-state index in [2.05, 4.69) is 24.1 Å². The molecule has 0 aliphatic carbocycles. The Kier molecular flexibility index (Phi) is 5.88. The first kappa shape index (κ1) is 20.1. The Hall–Kier alpha value is -2.61. The van der Waals surface area contributed by atoms with E-state index < -0.39 is 0 Å². The molecule has 0 atom stereocenters. The van der Waals surface area contributed by atoms with E-state index >= 15 is 0 Å². The summed E-state index contributed by atoms with van der Waals surface area (Å²) >= 11 is 1.23. The summed E-state index contributed by atoms with van der Waals surface area (Å²) in [6, 6.07) is 4.93. The van der Waals surface area contributed by atoms with E-state index in [-0.39, 0.29) is 17.2 Å². The van der Waals surface area contributed by atoms with Crippen LogP contribution in [0, 0.1) is 5.41 Å². The topological polar surface area (TPSA) is 80.8 Å². The fourth-order valence-electron chi connectivity index (χ4n) is 3.30. The van der Waals surface area contributed by atoms with Gasteiger partial charge in [0.15, 0.2) is 5.13 Å². The Balaban J connectivity index is 1.71. The monoisotopic (exact) mass is 403 g/mol. The summed E-state index contributed by atoms with van der Waals surface area (Å²) in [5.41, 5.74) is 0.866. The van der Waals surface area contributed by atoms with Crippen molar-refractivity contribution in [3.05, 3.63) is 34.8 Å². The van der Waals surface area contributed by atoms with Gasteiger partial charge in [0, 0.05) is 30.1 Å². The number of hydrogen-bond donors (Lipinski definition) is 1. The Morgan fingerprint density at radius 2 is 1.86 bits per heavy atom. The number of carbonyl (C=O) groups is 2. The van der Waals surface area contributed by atoms with Crippen molar-refractivity contribution >= 4 is 28.3 Å². The summed E-state index contributed by atoms with van der Waals surface area (Å²) in [4.78, 5) is 31.5. The van der Waals surface area contributed by atoms with Crippen LogP contribution in [0.5, 0.6) is 11.5 Å². The number of piperidine rings is 1. The molecule has 150 valence electrons. The highest BCUT2D eigenvalue weighted by molar-refractivity contribution is 7.14. The number of aromatic nitrogens is 1. The van der Waals surface area contributed by atoms with Crippen molar-refractivity contribution in [1.29, 1.82) is 0 Å². The Morgan fingerprint density at radius 1 is 1.18 bits per heavy atom. The van der Waals surface area contributed by atoms with Crippen molar-refractivity contribution in [2.24, 2.45) is 5.41 Å². The molecule has 28 heavy (non-hydrogen) atoms. The maximum atomic E-state index is 12.7. The summed E-state index contributed by atoms with van der Waals surface area (Å²) in [5.74, 6) is 0.608. The molecule has 2 amide bonds. The van der Waals surface area contributed by atoms with Crippen LogP contribution >= 0.6 is 11.3 Å². The lowest BCUT2D eigenvalue weighted by atomic mass is 9.84. The lowest BCUT2D eigenvalue weighted by Gasteiger charge is -2.37. The van der Waals surface area contributed by atoms with Gasteiger partial charge in [-0.1, -0.05) is 13.8 Å². The summed E-state index contributed by atoms with van der Waals surface area (Å²) < 4.78 is 10.4. The second-order valence-electron chi connectivity index (χ2n) is 7.59. The van der Waals surface area contributed by atoms with E-state index in [1.165, 1.54) is 25.6 Å². The molecular formula is C20H25N3O4S. The van der Waals surface area contributed by atoms with Crippen LogP contribution in [-0.2, 0) is 0 Å². The first-order valence-electron chi connectivity index (χ1n) is 9.10. The molecule has 1 aliphatic rings. The smallest absolute Gasteiger partial charge is 0.273 e. The number of thiazole rings is 1. The summed E-state index contributed by atoms with van der Waals surface area (Å²) in [6.07, 6.45) is 2.10. The van der Waals surface area contributed by atoms with Crippen LogP contribution in [0.4, 0.5) is 5.13 Å². The molecule has 0 saturated carbocycles. The number of methoxy groups -OCH3 is 2. The third-order valence-corrected chi connectivity index (χ3v) is 5.50. The number of benzene rings is 1. The first-order valence-corrected chi connectivity index (χ1v) is 9.98. The average Bonchev–Trinajstić information content (AvgIpc) is 3.14. The zero-order valence-corrected chi connectivity index (χ0v) is 17.4. The number of nitrogens with zero attached hydrogens (tertiary/aromatic N) is 2. The van der Waals surface area contributed by atoms with E-state index in [1.54, 1.807) is 23.6 Å². The maximum absolute atomic E-state index is 12.7. The zero-order chi connectivity index (χ0) is 20.3. The van der Waals surface area contributed by atoms with Crippen LogP contribution in [-0.4, -0.2) is 49.0 Å². The fourth-order valence-corrected chi connectivity index (χ4v) is 3.98. The van der Waals surface area contributed by atoms with Crippen molar-refractivity contribution < 1.29 is 19.1 Å². The van der Waals surface area contributed by atoms with Gasteiger partial charge in [-0.05, 0) is 30.4 Å². The minimum Gasteiger partial charge on any atom is -0.497 e. The highest BCUT2D eigenvalue weighted by Gasteiger charge is 2.30. The van der Waals surface area contributed by atoms with E-state index in [1.807, 2.05) is 4.90 Å². The molecule has 0 radical (unpaired) electrons. The number of likely N-dealkylation sites (tertiary alicyclic amines) is 1. The largest absolute Gasteiger partial charge is 0.497 e. The molecule has 0 unspecified atom stereocenters. The SMILES string of the molecule is COc1cc(OC)cc(C(=O)Nc2nc(C(=O)N3CCCC(C)(C)C3)cs2)c1. The van der Waals surface area contributed by atoms with Crippen LogP contribution in [0.15, 0.2) is 23.6 Å². The van der Waals surface area contributed by atoms with Crippen molar-refractivity contribution in [2.45, 2.75) is 26.7 Å². The molecule has 1 fully saturated rings. The molecule has 1 N–H and O–H groups in total. The van der Waals surface area contributed by atoms with E-state index in [0.29, 0.717) is 34.4 Å². The number of hydrogen-bond acceptors (Lipinski definition) is 6. The number of nitrogens with one attached hydrogen (secondary N) is 1. The van der Waals surface area contributed by atoms with Gasteiger partial charge in [0.2, 0.25) is 0 Å². The summed E-state index contributed by atoms with van der Waals surface area (Å²) in [7, 11) is 3.05. The van der Waals surface area contributed by atoms with Crippen molar-refractivity contribution in [3.63, 3.8) is 0 Å². The van der Waals surface area contributed by atoms with Crippen LogP contribution in [0.1, 0.15) is 47.5 Å². The van der Waals surface area contributed by atoms with Crippen molar-refractivity contribution in [1.82, 2.24) is 9.88 Å². The second kappa shape index (κ2) is 8.18. The molecule has 1 aromatic carbocycles. The number of amides is 2. The molecule has 1 aromatic heterocycles. The Labute approximate surface area is 168 Å². The highest BCUT2D eigenvalue weighted by Crippen LogP contribution is 2.30. The van der Waals surface area contributed by atoms with Gasteiger partial charge in [-0.15, -0.1) is 11.3 Å². The van der Waals surface area contributed by atoms with Crippen LogP contribution in [0.2, 0.25) is 0 Å². The summed E-state index contributed by atoms with van der Waals surface area (Å²) in [6.45, 7) is 5.79.